The molecule has 0 saturated carbocycles. The lowest BCUT2D eigenvalue weighted by atomic mass is 10.1. The highest BCUT2D eigenvalue weighted by Crippen LogP contribution is 2.18. The highest BCUT2D eigenvalue weighted by molar-refractivity contribution is 6.31. The van der Waals surface area contributed by atoms with Crippen LogP contribution in [0.5, 0.6) is 0 Å². The van der Waals surface area contributed by atoms with Crippen LogP contribution in [-0.4, -0.2) is 29.7 Å². The fraction of sp³-hybridized carbons (Fsp3) is 0.176. The van der Waals surface area contributed by atoms with E-state index >= 15 is 0 Å². The van der Waals surface area contributed by atoms with Crippen molar-refractivity contribution in [2.45, 2.75) is 6.42 Å². The predicted molar refractivity (Wildman–Crippen MR) is 89.7 cm³/mol. The zero-order valence-corrected chi connectivity index (χ0v) is 13.3. The minimum Gasteiger partial charge on any atom is -0.294 e. The average Bonchev–Trinajstić information content (AvgIpc) is 2.99. The first-order valence-corrected chi connectivity index (χ1v) is 7.74. The summed E-state index contributed by atoms with van der Waals surface area (Å²) in [5.74, 6) is 0.722. The molecule has 0 fully saturated rings. The van der Waals surface area contributed by atoms with Crippen molar-refractivity contribution in [3.8, 4) is 0 Å². The molecule has 2 aromatic carbocycles. The number of carbonyl (C=O) groups excluding carboxylic acids is 1. The van der Waals surface area contributed by atoms with Gasteiger partial charge in [0.2, 0.25) is 5.91 Å². The number of amides is 1. The number of carbonyl (C=O) groups is 1. The zero-order chi connectivity index (χ0) is 15.5. The molecule has 3 rings (SSSR count). The highest BCUT2D eigenvalue weighted by atomic mass is 35.5. The molecule has 0 spiro atoms. The Labute approximate surface area is 139 Å². The van der Waals surface area contributed by atoms with Crippen molar-refractivity contribution in [2.75, 3.05) is 13.1 Å². The van der Waals surface area contributed by atoms with Crippen molar-refractivity contribution in [1.29, 1.82) is 0 Å². The maximum atomic E-state index is 12.5. The van der Waals surface area contributed by atoms with Crippen LogP contribution in [-0.2, 0) is 11.2 Å². The number of halogens is 2. The summed E-state index contributed by atoms with van der Waals surface area (Å²) in [5.41, 5.74) is 1.81. The highest BCUT2D eigenvalue weighted by Gasteiger charge is 2.24. The fourth-order valence-corrected chi connectivity index (χ4v) is 2.75. The minimum absolute atomic E-state index is 0.0264. The van der Waals surface area contributed by atoms with E-state index in [1.54, 1.807) is 23.1 Å². The van der Waals surface area contributed by atoms with Gasteiger partial charge in [0.25, 0.3) is 0 Å². The van der Waals surface area contributed by atoms with Gasteiger partial charge in [0.1, 0.15) is 5.84 Å². The van der Waals surface area contributed by atoms with E-state index in [9.17, 15) is 4.79 Å². The molecule has 22 heavy (non-hydrogen) atoms. The Morgan fingerprint density at radius 1 is 1.09 bits per heavy atom. The minimum atomic E-state index is 0.0264. The maximum absolute atomic E-state index is 12.5. The number of rotatable bonds is 3. The van der Waals surface area contributed by atoms with Crippen molar-refractivity contribution in [3.05, 3.63) is 69.7 Å². The molecule has 2 aromatic rings. The molecule has 1 aliphatic rings. The zero-order valence-electron chi connectivity index (χ0n) is 11.8. The van der Waals surface area contributed by atoms with Crippen molar-refractivity contribution < 1.29 is 4.79 Å². The van der Waals surface area contributed by atoms with Crippen LogP contribution < -0.4 is 0 Å². The predicted octanol–water partition coefficient (Wildman–Crippen LogP) is 3.82. The summed E-state index contributed by atoms with van der Waals surface area (Å²) >= 11 is 11.9. The second kappa shape index (κ2) is 6.51. The molecule has 0 unspecified atom stereocenters. The van der Waals surface area contributed by atoms with E-state index in [0.717, 1.165) is 11.1 Å². The number of hydrogen-bond acceptors (Lipinski definition) is 2. The normalized spacial score (nSPS) is 14.1. The number of hydrogen-bond donors (Lipinski definition) is 0. The maximum Gasteiger partial charge on any atom is 0.232 e. The van der Waals surface area contributed by atoms with E-state index in [-0.39, 0.29) is 5.91 Å². The smallest absolute Gasteiger partial charge is 0.232 e. The first kappa shape index (κ1) is 15.1. The van der Waals surface area contributed by atoms with Gasteiger partial charge in [0.15, 0.2) is 0 Å². The number of nitrogens with zero attached hydrogens (tertiary/aromatic N) is 2. The van der Waals surface area contributed by atoms with Crippen LogP contribution in [0.15, 0.2) is 53.5 Å². The second-order valence-electron chi connectivity index (χ2n) is 5.06. The quantitative estimate of drug-likeness (QED) is 0.840. The van der Waals surface area contributed by atoms with Crippen LogP contribution in [0.25, 0.3) is 0 Å². The molecule has 5 heteroatoms. The first-order valence-electron chi connectivity index (χ1n) is 6.99. The van der Waals surface area contributed by atoms with E-state index in [0.29, 0.717) is 35.4 Å². The van der Waals surface area contributed by atoms with Gasteiger partial charge in [-0.2, -0.15) is 0 Å². The van der Waals surface area contributed by atoms with E-state index in [1.807, 2.05) is 30.3 Å². The van der Waals surface area contributed by atoms with Crippen molar-refractivity contribution in [3.63, 3.8) is 0 Å². The monoisotopic (exact) mass is 332 g/mol. The van der Waals surface area contributed by atoms with E-state index in [2.05, 4.69) is 4.99 Å². The third kappa shape index (κ3) is 3.32. The Bertz CT molecular complexity index is 726. The van der Waals surface area contributed by atoms with Gasteiger partial charge in [-0.15, -0.1) is 0 Å². The first-order chi connectivity index (χ1) is 10.6. The van der Waals surface area contributed by atoms with Gasteiger partial charge >= 0.3 is 0 Å². The summed E-state index contributed by atoms with van der Waals surface area (Å²) < 4.78 is 0. The van der Waals surface area contributed by atoms with Crippen LogP contribution in [0.2, 0.25) is 10.0 Å². The van der Waals surface area contributed by atoms with Gasteiger partial charge in [-0.1, -0.05) is 47.5 Å². The van der Waals surface area contributed by atoms with Gasteiger partial charge in [0.05, 0.1) is 13.0 Å². The number of amidine groups is 1. The van der Waals surface area contributed by atoms with Crippen LogP contribution in [0.4, 0.5) is 0 Å². The average molecular weight is 333 g/mol. The molecule has 1 heterocycles. The molecule has 0 aromatic heterocycles. The van der Waals surface area contributed by atoms with Crippen LogP contribution >= 0.6 is 23.2 Å². The number of benzene rings is 2. The Morgan fingerprint density at radius 2 is 1.86 bits per heavy atom. The molecule has 0 aliphatic carbocycles. The molecule has 0 bridgehead atoms. The van der Waals surface area contributed by atoms with Crippen LogP contribution in [0.3, 0.4) is 0 Å². The fourth-order valence-electron chi connectivity index (χ4n) is 2.44. The molecule has 0 radical (unpaired) electrons. The van der Waals surface area contributed by atoms with Crippen molar-refractivity contribution in [1.82, 2.24) is 4.90 Å². The molecule has 0 saturated heterocycles. The molecule has 3 nitrogen and oxygen atoms in total. The number of aliphatic imine (C=N–C) groups is 1. The van der Waals surface area contributed by atoms with E-state index in [4.69, 9.17) is 23.2 Å². The van der Waals surface area contributed by atoms with Crippen LogP contribution in [0, 0.1) is 0 Å². The van der Waals surface area contributed by atoms with Gasteiger partial charge in [-0.3, -0.25) is 14.7 Å². The second-order valence-corrected chi connectivity index (χ2v) is 5.94. The van der Waals surface area contributed by atoms with E-state index < -0.39 is 0 Å². The molecule has 112 valence electrons. The molecule has 1 amide bonds. The largest absolute Gasteiger partial charge is 0.294 e. The Kier molecular flexibility index (Phi) is 4.46. The van der Waals surface area contributed by atoms with E-state index in [1.165, 1.54) is 0 Å². The van der Waals surface area contributed by atoms with Crippen molar-refractivity contribution in [2.24, 2.45) is 4.99 Å². The van der Waals surface area contributed by atoms with Crippen molar-refractivity contribution >= 4 is 34.9 Å². The molecular weight excluding hydrogens is 319 g/mol. The summed E-state index contributed by atoms with van der Waals surface area (Å²) in [7, 11) is 0. The summed E-state index contributed by atoms with van der Waals surface area (Å²) in [6, 6.07) is 14.7. The van der Waals surface area contributed by atoms with Gasteiger partial charge < -0.3 is 0 Å². The summed E-state index contributed by atoms with van der Waals surface area (Å²) in [6.07, 6.45) is 0.330. The summed E-state index contributed by atoms with van der Waals surface area (Å²) in [5, 5.41) is 1.30. The van der Waals surface area contributed by atoms with Gasteiger partial charge in [0, 0.05) is 22.2 Å². The lowest BCUT2D eigenvalue weighted by Crippen LogP contribution is -2.36. The molecule has 0 N–H and O–H groups in total. The van der Waals surface area contributed by atoms with Gasteiger partial charge in [-0.25, -0.2) is 0 Å². The topological polar surface area (TPSA) is 32.7 Å². The lowest BCUT2D eigenvalue weighted by molar-refractivity contribution is -0.126. The third-order valence-corrected chi connectivity index (χ3v) is 3.98. The summed E-state index contributed by atoms with van der Waals surface area (Å²) in [4.78, 5) is 18.7. The Balaban J connectivity index is 1.77. The third-order valence-electron chi connectivity index (χ3n) is 3.49. The molecule has 1 aliphatic heterocycles. The standard InChI is InChI=1S/C17H14Cl2N2O/c18-14-6-4-12(5-7-14)10-16(22)21-9-8-20-17(21)13-2-1-3-15(19)11-13/h1-7,11H,8-10H2. The SMILES string of the molecule is O=C(Cc1ccc(Cl)cc1)N1CCN=C1c1cccc(Cl)c1. The molecule has 0 atom stereocenters. The Hall–Kier alpha value is -1.84. The lowest BCUT2D eigenvalue weighted by Gasteiger charge is -2.18. The molecular formula is C17H14Cl2N2O. The summed E-state index contributed by atoms with van der Waals surface area (Å²) in [6.45, 7) is 1.22. The van der Waals surface area contributed by atoms with Crippen LogP contribution in [0.1, 0.15) is 11.1 Å². The van der Waals surface area contributed by atoms with Gasteiger partial charge in [-0.05, 0) is 29.8 Å². The Morgan fingerprint density at radius 3 is 2.59 bits per heavy atom.